The molecule has 1 fully saturated rings. The highest BCUT2D eigenvalue weighted by Gasteiger charge is 2.45. The lowest BCUT2D eigenvalue weighted by Crippen LogP contribution is -2.49. The number of β-amino-alcohol motifs (C(OH)–C–C–N with tert-alkyl or cyclic N) is 1. The van der Waals surface area contributed by atoms with Crippen molar-refractivity contribution in [2.45, 2.75) is 45.4 Å². The number of likely N-dealkylation sites (N-methyl/N-ethyl adjacent to an activating group) is 1. The summed E-state index contributed by atoms with van der Waals surface area (Å²) in [4.78, 5) is 27.5. The van der Waals surface area contributed by atoms with Crippen LogP contribution in [0, 0.1) is 5.41 Å². The smallest absolute Gasteiger partial charge is 0.248 e. The molecule has 0 aliphatic carbocycles. The number of aromatic nitrogens is 3. The second-order valence-electron chi connectivity index (χ2n) is 9.81. The second-order valence-corrected chi connectivity index (χ2v) is 9.81. The van der Waals surface area contributed by atoms with Gasteiger partial charge >= 0.3 is 0 Å². The van der Waals surface area contributed by atoms with Crippen molar-refractivity contribution in [2.24, 2.45) is 5.41 Å². The lowest BCUT2D eigenvalue weighted by atomic mass is 9.85. The van der Waals surface area contributed by atoms with Gasteiger partial charge in [0.05, 0.1) is 12.3 Å². The van der Waals surface area contributed by atoms with Gasteiger partial charge in [-0.2, -0.15) is 0 Å². The first-order valence-corrected chi connectivity index (χ1v) is 11.5. The van der Waals surface area contributed by atoms with E-state index in [4.69, 9.17) is 0 Å². The number of amides is 2. The minimum absolute atomic E-state index is 0.115. The Kier molecular flexibility index (Phi) is 6.52. The standard InChI is InChI=1S/C26H31N5O3/c1-26(2,3)23(25(34)30-15-20(32)14-22(30)24(33)27-4)31-16-21(28-29-31)19-12-8-11-18(13-19)17-9-6-5-7-10-17/h5-13,16,20,22-23,32H,14-15H2,1-4H3,(H,27,33)/t20-,22+,23-/m1/s1. The molecular weight excluding hydrogens is 430 g/mol. The van der Waals surface area contributed by atoms with Crippen LogP contribution < -0.4 is 5.32 Å². The van der Waals surface area contributed by atoms with Gasteiger partial charge < -0.3 is 15.3 Å². The molecule has 2 N–H and O–H groups in total. The molecule has 1 saturated heterocycles. The Morgan fingerprint density at radius 3 is 2.41 bits per heavy atom. The molecule has 34 heavy (non-hydrogen) atoms. The zero-order valence-corrected chi connectivity index (χ0v) is 20.0. The van der Waals surface area contributed by atoms with Gasteiger partial charge in [-0.15, -0.1) is 5.10 Å². The van der Waals surface area contributed by atoms with Crippen LogP contribution in [0.5, 0.6) is 0 Å². The largest absolute Gasteiger partial charge is 0.391 e. The van der Waals surface area contributed by atoms with E-state index in [0.717, 1.165) is 16.7 Å². The Labute approximate surface area is 199 Å². The van der Waals surface area contributed by atoms with Crippen LogP contribution >= 0.6 is 0 Å². The van der Waals surface area contributed by atoms with Gasteiger partial charge in [0, 0.05) is 25.6 Å². The normalized spacial score (nSPS) is 19.1. The highest BCUT2D eigenvalue weighted by atomic mass is 16.3. The first kappa shape index (κ1) is 23.6. The third-order valence-corrected chi connectivity index (χ3v) is 6.21. The Morgan fingerprint density at radius 2 is 1.74 bits per heavy atom. The van der Waals surface area contributed by atoms with Crippen molar-refractivity contribution in [2.75, 3.05) is 13.6 Å². The summed E-state index contributed by atoms with van der Waals surface area (Å²) in [7, 11) is 1.53. The number of aliphatic hydroxyl groups excluding tert-OH is 1. The number of hydrogen-bond acceptors (Lipinski definition) is 5. The van der Waals surface area contributed by atoms with E-state index in [1.54, 1.807) is 10.9 Å². The molecule has 8 nitrogen and oxygen atoms in total. The Hall–Kier alpha value is -3.52. The summed E-state index contributed by atoms with van der Waals surface area (Å²) in [5.74, 6) is -0.540. The third-order valence-electron chi connectivity index (χ3n) is 6.21. The van der Waals surface area contributed by atoms with E-state index < -0.39 is 23.6 Å². The van der Waals surface area contributed by atoms with E-state index in [0.29, 0.717) is 5.69 Å². The Bertz CT molecular complexity index is 1170. The molecule has 4 rings (SSSR count). The molecule has 1 aliphatic heterocycles. The number of benzene rings is 2. The highest BCUT2D eigenvalue weighted by molar-refractivity contribution is 5.90. The van der Waals surface area contributed by atoms with Crippen LogP contribution in [0.1, 0.15) is 33.2 Å². The fourth-order valence-electron chi connectivity index (χ4n) is 4.53. The molecule has 8 heteroatoms. The molecule has 3 aromatic rings. The van der Waals surface area contributed by atoms with Crippen molar-refractivity contribution in [3.8, 4) is 22.4 Å². The van der Waals surface area contributed by atoms with Crippen LogP contribution in [0.4, 0.5) is 0 Å². The number of carbonyl (C=O) groups excluding carboxylic acids is 2. The monoisotopic (exact) mass is 461 g/mol. The van der Waals surface area contributed by atoms with Gasteiger partial charge in [-0.1, -0.05) is 74.5 Å². The molecule has 0 radical (unpaired) electrons. The molecule has 0 unspecified atom stereocenters. The summed E-state index contributed by atoms with van der Waals surface area (Å²) < 4.78 is 1.58. The number of likely N-dealkylation sites (tertiary alicyclic amines) is 1. The third kappa shape index (κ3) is 4.72. The minimum Gasteiger partial charge on any atom is -0.391 e. The Balaban J connectivity index is 1.66. The fraction of sp³-hybridized carbons (Fsp3) is 0.385. The summed E-state index contributed by atoms with van der Waals surface area (Å²) in [6.07, 6.45) is 1.26. The van der Waals surface area contributed by atoms with Crippen LogP contribution in [0.2, 0.25) is 0 Å². The number of rotatable bonds is 5. The summed E-state index contributed by atoms with van der Waals surface area (Å²) in [6, 6.07) is 16.7. The first-order valence-electron chi connectivity index (χ1n) is 11.5. The summed E-state index contributed by atoms with van der Waals surface area (Å²) in [5.41, 5.74) is 3.22. The number of hydrogen-bond donors (Lipinski definition) is 2. The van der Waals surface area contributed by atoms with Gasteiger partial charge in [0.1, 0.15) is 17.8 Å². The fourth-order valence-corrected chi connectivity index (χ4v) is 4.53. The molecule has 2 aromatic carbocycles. The maximum atomic E-state index is 13.7. The van der Waals surface area contributed by atoms with Crippen LogP contribution in [0.3, 0.4) is 0 Å². The zero-order chi connectivity index (χ0) is 24.5. The van der Waals surface area contributed by atoms with E-state index in [2.05, 4.69) is 33.8 Å². The van der Waals surface area contributed by atoms with E-state index in [-0.39, 0.29) is 24.8 Å². The number of nitrogens with zero attached hydrogens (tertiary/aromatic N) is 4. The molecule has 0 spiro atoms. The van der Waals surface area contributed by atoms with E-state index >= 15 is 0 Å². The maximum Gasteiger partial charge on any atom is 0.248 e. The number of aliphatic hydroxyl groups is 1. The van der Waals surface area contributed by atoms with Crippen molar-refractivity contribution < 1.29 is 14.7 Å². The predicted molar refractivity (Wildman–Crippen MR) is 130 cm³/mol. The highest BCUT2D eigenvalue weighted by Crippen LogP contribution is 2.35. The number of nitrogens with one attached hydrogen (secondary N) is 1. The summed E-state index contributed by atoms with van der Waals surface area (Å²) in [6.45, 7) is 5.97. The Morgan fingerprint density at radius 1 is 1.06 bits per heavy atom. The summed E-state index contributed by atoms with van der Waals surface area (Å²) in [5, 5.41) is 21.5. The average molecular weight is 462 g/mol. The van der Waals surface area contributed by atoms with E-state index in [9.17, 15) is 14.7 Å². The molecule has 2 heterocycles. The summed E-state index contributed by atoms with van der Waals surface area (Å²) >= 11 is 0. The van der Waals surface area contributed by atoms with Crippen LogP contribution in [-0.4, -0.2) is 62.6 Å². The number of carbonyl (C=O) groups is 2. The molecule has 2 amide bonds. The van der Waals surface area contributed by atoms with Gasteiger partial charge in [-0.05, 0) is 22.6 Å². The minimum atomic E-state index is -0.737. The zero-order valence-electron chi connectivity index (χ0n) is 20.0. The van der Waals surface area contributed by atoms with E-state index in [1.807, 2.05) is 57.2 Å². The van der Waals surface area contributed by atoms with Crippen molar-refractivity contribution in [3.05, 3.63) is 60.8 Å². The lowest BCUT2D eigenvalue weighted by molar-refractivity contribution is -0.144. The molecule has 0 saturated carbocycles. The van der Waals surface area contributed by atoms with Crippen LogP contribution in [-0.2, 0) is 9.59 Å². The lowest BCUT2D eigenvalue weighted by Gasteiger charge is -2.34. The first-order chi connectivity index (χ1) is 16.2. The molecule has 1 aromatic heterocycles. The maximum absolute atomic E-state index is 13.7. The molecule has 1 aliphatic rings. The average Bonchev–Trinajstić information content (AvgIpc) is 3.45. The van der Waals surface area contributed by atoms with Gasteiger partial charge in [-0.3, -0.25) is 9.59 Å². The SMILES string of the molecule is CNC(=O)[C@@H]1C[C@@H](O)CN1C(=O)[C@@H](n1cc(-c2cccc(-c3ccccc3)c2)nn1)C(C)(C)C. The van der Waals surface area contributed by atoms with Gasteiger partial charge in [0.2, 0.25) is 11.8 Å². The topological polar surface area (TPSA) is 100 Å². The molecule has 3 atom stereocenters. The van der Waals surface area contributed by atoms with Crippen molar-refractivity contribution in [1.82, 2.24) is 25.2 Å². The molecule has 0 bridgehead atoms. The van der Waals surface area contributed by atoms with Crippen molar-refractivity contribution in [1.29, 1.82) is 0 Å². The van der Waals surface area contributed by atoms with Gasteiger partial charge in [0.25, 0.3) is 0 Å². The van der Waals surface area contributed by atoms with Crippen molar-refractivity contribution >= 4 is 11.8 Å². The predicted octanol–water partition coefficient (Wildman–Crippen LogP) is 2.91. The molecule has 178 valence electrons. The second kappa shape index (κ2) is 9.38. The van der Waals surface area contributed by atoms with Gasteiger partial charge in [0.15, 0.2) is 0 Å². The van der Waals surface area contributed by atoms with Crippen LogP contribution in [0.15, 0.2) is 60.8 Å². The van der Waals surface area contributed by atoms with Crippen LogP contribution in [0.25, 0.3) is 22.4 Å². The van der Waals surface area contributed by atoms with Gasteiger partial charge in [-0.25, -0.2) is 4.68 Å². The molecular formula is C26H31N5O3. The van der Waals surface area contributed by atoms with Crippen molar-refractivity contribution in [3.63, 3.8) is 0 Å². The van der Waals surface area contributed by atoms with E-state index in [1.165, 1.54) is 11.9 Å². The quantitative estimate of drug-likeness (QED) is 0.609.